The van der Waals surface area contributed by atoms with Crippen molar-refractivity contribution in [3.05, 3.63) is 53.6 Å². The number of amides is 2. The van der Waals surface area contributed by atoms with Gasteiger partial charge in [0.05, 0.1) is 17.3 Å². The minimum absolute atomic E-state index is 0.00189. The van der Waals surface area contributed by atoms with Gasteiger partial charge in [-0.25, -0.2) is 9.78 Å². The molecule has 6 nitrogen and oxygen atoms in total. The lowest BCUT2D eigenvalue weighted by Gasteiger charge is -2.06. The van der Waals surface area contributed by atoms with Crippen molar-refractivity contribution in [1.29, 1.82) is 0 Å². The van der Waals surface area contributed by atoms with Gasteiger partial charge in [-0.2, -0.15) is 0 Å². The average molecular weight is 355 g/mol. The van der Waals surface area contributed by atoms with E-state index in [1.54, 1.807) is 25.3 Å². The first-order chi connectivity index (χ1) is 12.0. The lowest BCUT2D eigenvalue weighted by atomic mass is 10.1. The van der Waals surface area contributed by atoms with E-state index in [4.69, 9.17) is 4.74 Å². The number of Topliss-reactive ketones (excluding diaryl/α,β-unsaturated/α-hetero) is 1. The van der Waals surface area contributed by atoms with Gasteiger partial charge < -0.3 is 10.1 Å². The molecule has 0 aliphatic carbocycles. The first-order valence-electron chi connectivity index (χ1n) is 7.64. The van der Waals surface area contributed by atoms with Crippen LogP contribution in [-0.4, -0.2) is 23.9 Å². The van der Waals surface area contributed by atoms with Crippen LogP contribution in [0.3, 0.4) is 0 Å². The van der Waals surface area contributed by atoms with Gasteiger partial charge in [-0.05, 0) is 42.8 Å². The average Bonchev–Trinajstić information content (AvgIpc) is 3.01. The normalized spacial score (nSPS) is 10.5. The lowest BCUT2D eigenvalue weighted by Crippen LogP contribution is -2.28. The van der Waals surface area contributed by atoms with Crippen molar-refractivity contribution in [2.45, 2.75) is 13.5 Å². The van der Waals surface area contributed by atoms with Crippen molar-refractivity contribution in [1.82, 2.24) is 10.3 Å². The molecule has 25 heavy (non-hydrogen) atoms. The van der Waals surface area contributed by atoms with Crippen LogP contribution in [0.25, 0.3) is 10.2 Å². The number of fused-ring (bicyclic) bond motifs is 1. The van der Waals surface area contributed by atoms with E-state index in [1.165, 1.54) is 18.3 Å². The van der Waals surface area contributed by atoms with Gasteiger partial charge in [0.15, 0.2) is 10.9 Å². The Hall–Kier alpha value is -2.93. The molecule has 3 rings (SSSR count). The number of thiazole rings is 1. The van der Waals surface area contributed by atoms with Crippen molar-refractivity contribution in [2.24, 2.45) is 0 Å². The lowest BCUT2D eigenvalue weighted by molar-refractivity contribution is 0.101. The van der Waals surface area contributed by atoms with Gasteiger partial charge in [-0.15, -0.1) is 0 Å². The molecule has 128 valence electrons. The molecule has 1 aromatic heterocycles. The summed E-state index contributed by atoms with van der Waals surface area (Å²) < 4.78 is 5.96. The van der Waals surface area contributed by atoms with E-state index in [0.717, 1.165) is 21.5 Å². The van der Waals surface area contributed by atoms with Gasteiger partial charge >= 0.3 is 6.03 Å². The molecule has 0 aliphatic rings. The predicted octanol–water partition coefficient (Wildman–Crippen LogP) is 3.83. The van der Waals surface area contributed by atoms with E-state index < -0.39 is 0 Å². The van der Waals surface area contributed by atoms with E-state index >= 15 is 0 Å². The Kier molecular flexibility index (Phi) is 4.95. The number of methoxy groups -OCH3 is 1. The Balaban J connectivity index is 1.62. The number of hydrogen-bond acceptors (Lipinski definition) is 5. The summed E-state index contributed by atoms with van der Waals surface area (Å²) in [7, 11) is 1.61. The number of anilines is 1. The highest BCUT2D eigenvalue weighted by Gasteiger charge is 2.09. The molecule has 0 spiro atoms. The maximum atomic E-state index is 12.0. The molecule has 0 bridgehead atoms. The fourth-order valence-corrected chi connectivity index (χ4v) is 3.16. The van der Waals surface area contributed by atoms with Gasteiger partial charge in [0.25, 0.3) is 0 Å². The molecule has 0 saturated carbocycles. The molecule has 2 amide bonds. The Morgan fingerprint density at radius 1 is 1.16 bits per heavy atom. The Bertz CT molecular complexity index is 919. The third kappa shape index (κ3) is 4.13. The van der Waals surface area contributed by atoms with Crippen molar-refractivity contribution in [2.75, 3.05) is 12.4 Å². The first-order valence-corrected chi connectivity index (χ1v) is 8.46. The molecule has 0 saturated heterocycles. The van der Waals surface area contributed by atoms with Crippen LogP contribution < -0.4 is 15.4 Å². The molecule has 2 aromatic carbocycles. The summed E-state index contributed by atoms with van der Waals surface area (Å²) in [4.78, 5) is 27.8. The molecule has 0 atom stereocenters. The number of ether oxygens (including phenoxy) is 1. The zero-order valence-corrected chi connectivity index (χ0v) is 14.6. The zero-order chi connectivity index (χ0) is 17.8. The van der Waals surface area contributed by atoms with Crippen LogP contribution in [0.1, 0.15) is 22.8 Å². The standard InChI is InChI=1S/C18H17N3O3S/c1-11(22)13-5-8-15-16(9-13)25-18(20-15)21-17(23)19-10-12-3-6-14(24-2)7-4-12/h3-9H,10H2,1-2H3,(H2,19,20,21,23). The van der Waals surface area contributed by atoms with Crippen LogP contribution >= 0.6 is 11.3 Å². The van der Waals surface area contributed by atoms with Crippen molar-refractivity contribution in [3.63, 3.8) is 0 Å². The third-order valence-electron chi connectivity index (χ3n) is 3.63. The van der Waals surface area contributed by atoms with Crippen molar-refractivity contribution >= 4 is 38.5 Å². The minimum atomic E-state index is -0.332. The second kappa shape index (κ2) is 7.31. The summed E-state index contributed by atoms with van der Waals surface area (Å²) in [5, 5.41) is 5.99. The maximum absolute atomic E-state index is 12.0. The molecule has 0 radical (unpaired) electrons. The summed E-state index contributed by atoms with van der Waals surface area (Å²) in [6.07, 6.45) is 0. The minimum Gasteiger partial charge on any atom is -0.497 e. The van der Waals surface area contributed by atoms with Gasteiger partial charge in [0, 0.05) is 12.1 Å². The second-order valence-corrected chi connectivity index (χ2v) is 6.44. The summed E-state index contributed by atoms with van der Waals surface area (Å²) in [5.41, 5.74) is 2.35. The maximum Gasteiger partial charge on any atom is 0.321 e. The number of nitrogens with one attached hydrogen (secondary N) is 2. The molecule has 0 aliphatic heterocycles. The van der Waals surface area contributed by atoms with Crippen LogP contribution in [0.15, 0.2) is 42.5 Å². The van der Waals surface area contributed by atoms with Crippen LogP contribution in [0, 0.1) is 0 Å². The number of carbonyl (C=O) groups is 2. The van der Waals surface area contributed by atoms with Crippen LogP contribution in [0.2, 0.25) is 0 Å². The zero-order valence-electron chi connectivity index (χ0n) is 13.8. The number of nitrogens with zero attached hydrogens (tertiary/aromatic N) is 1. The summed E-state index contributed by atoms with van der Waals surface area (Å²) >= 11 is 1.33. The smallest absolute Gasteiger partial charge is 0.321 e. The Labute approximate surface area is 148 Å². The SMILES string of the molecule is COc1ccc(CNC(=O)Nc2nc3ccc(C(C)=O)cc3s2)cc1. The van der Waals surface area contributed by atoms with Gasteiger partial charge in [-0.3, -0.25) is 10.1 Å². The molecule has 0 fully saturated rings. The summed E-state index contributed by atoms with van der Waals surface area (Å²) in [6, 6.07) is 12.4. The van der Waals surface area contributed by atoms with Gasteiger partial charge in [0.1, 0.15) is 5.75 Å². The summed E-state index contributed by atoms with van der Waals surface area (Å²) in [6.45, 7) is 1.92. The van der Waals surface area contributed by atoms with Crippen molar-refractivity contribution < 1.29 is 14.3 Å². The van der Waals surface area contributed by atoms with E-state index in [9.17, 15) is 9.59 Å². The van der Waals surface area contributed by atoms with Crippen LogP contribution in [-0.2, 0) is 6.54 Å². The number of ketones is 1. The highest BCUT2D eigenvalue weighted by atomic mass is 32.1. The number of aromatic nitrogens is 1. The van der Waals surface area contributed by atoms with E-state index in [-0.39, 0.29) is 11.8 Å². The Morgan fingerprint density at radius 3 is 2.60 bits per heavy atom. The number of carbonyl (C=O) groups excluding carboxylic acids is 2. The second-order valence-electron chi connectivity index (χ2n) is 5.41. The molecule has 3 aromatic rings. The fraction of sp³-hybridized carbons (Fsp3) is 0.167. The number of hydrogen-bond donors (Lipinski definition) is 2. The fourth-order valence-electron chi connectivity index (χ4n) is 2.26. The van der Waals surface area contributed by atoms with E-state index in [2.05, 4.69) is 15.6 Å². The first kappa shape index (κ1) is 16.9. The number of rotatable bonds is 5. The predicted molar refractivity (Wildman–Crippen MR) is 98.5 cm³/mol. The topological polar surface area (TPSA) is 80.3 Å². The van der Waals surface area contributed by atoms with Gasteiger partial charge in [-0.1, -0.05) is 23.5 Å². The highest BCUT2D eigenvalue weighted by molar-refractivity contribution is 7.22. The molecule has 0 unspecified atom stereocenters. The van der Waals surface area contributed by atoms with Crippen LogP contribution in [0.5, 0.6) is 5.75 Å². The van der Waals surface area contributed by atoms with Crippen LogP contribution in [0.4, 0.5) is 9.93 Å². The monoisotopic (exact) mass is 355 g/mol. The highest BCUT2D eigenvalue weighted by Crippen LogP contribution is 2.26. The van der Waals surface area contributed by atoms with Gasteiger partial charge in [0.2, 0.25) is 0 Å². The van der Waals surface area contributed by atoms with Crippen molar-refractivity contribution in [3.8, 4) is 5.75 Å². The number of benzene rings is 2. The van der Waals surface area contributed by atoms with E-state index in [1.807, 2.05) is 24.3 Å². The molecular formula is C18H17N3O3S. The molecule has 1 heterocycles. The molecular weight excluding hydrogens is 338 g/mol. The van der Waals surface area contributed by atoms with E-state index in [0.29, 0.717) is 17.2 Å². The molecule has 2 N–H and O–H groups in total. The number of urea groups is 1. The summed E-state index contributed by atoms with van der Waals surface area (Å²) in [5.74, 6) is 0.773. The Morgan fingerprint density at radius 2 is 1.92 bits per heavy atom. The third-order valence-corrected chi connectivity index (χ3v) is 4.56. The quantitative estimate of drug-likeness (QED) is 0.682. The largest absolute Gasteiger partial charge is 0.497 e. The molecule has 7 heteroatoms.